The van der Waals surface area contributed by atoms with Crippen LogP contribution in [0.4, 0.5) is 4.39 Å². The lowest BCUT2D eigenvalue weighted by atomic mass is 9.92. The molecule has 0 saturated carbocycles. The SMILES string of the molecule is Cc1ccc2c(c1)C(O)(c1cc3cccc(F)c3o1)CC2. The minimum absolute atomic E-state index is 0.210. The van der Waals surface area contributed by atoms with E-state index in [1.54, 1.807) is 18.2 Å². The maximum Gasteiger partial charge on any atom is 0.170 e. The van der Waals surface area contributed by atoms with E-state index in [4.69, 9.17) is 4.42 Å². The van der Waals surface area contributed by atoms with E-state index in [2.05, 4.69) is 0 Å². The molecule has 1 aliphatic rings. The minimum Gasteiger partial charge on any atom is -0.455 e. The third-order valence-electron chi connectivity index (χ3n) is 4.37. The Morgan fingerprint density at radius 3 is 2.86 bits per heavy atom. The summed E-state index contributed by atoms with van der Waals surface area (Å²) in [5.41, 5.74) is 2.15. The monoisotopic (exact) mass is 282 g/mol. The number of hydrogen-bond donors (Lipinski definition) is 1. The fraction of sp³-hybridized carbons (Fsp3) is 0.222. The van der Waals surface area contributed by atoms with Crippen molar-refractivity contribution < 1.29 is 13.9 Å². The molecular weight excluding hydrogens is 267 g/mol. The van der Waals surface area contributed by atoms with Crippen molar-refractivity contribution in [2.75, 3.05) is 0 Å². The molecule has 2 nitrogen and oxygen atoms in total. The lowest BCUT2D eigenvalue weighted by Gasteiger charge is -2.21. The zero-order chi connectivity index (χ0) is 14.6. The normalized spacial score (nSPS) is 20.9. The van der Waals surface area contributed by atoms with Gasteiger partial charge in [-0.2, -0.15) is 0 Å². The zero-order valence-electron chi connectivity index (χ0n) is 11.7. The van der Waals surface area contributed by atoms with Gasteiger partial charge < -0.3 is 9.52 Å². The van der Waals surface area contributed by atoms with Crippen LogP contribution in [0.15, 0.2) is 46.9 Å². The van der Waals surface area contributed by atoms with Crippen LogP contribution in [0, 0.1) is 12.7 Å². The molecule has 0 fully saturated rings. The van der Waals surface area contributed by atoms with Gasteiger partial charge >= 0.3 is 0 Å². The van der Waals surface area contributed by atoms with Gasteiger partial charge in [0.15, 0.2) is 11.4 Å². The van der Waals surface area contributed by atoms with Crippen LogP contribution in [0.2, 0.25) is 0 Å². The molecule has 1 unspecified atom stereocenters. The summed E-state index contributed by atoms with van der Waals surface area (Å²) in [7, 11) is 0. The van der Waals surface area contributed by atoms with E-state index in [1.807, 2.05) is 25.1 Å². The molecule has 1 N–H and O–H groups in total. The van der Waals surface area contributed by atoms with Gasteiger partial charge in [-0.25, -0.2) is 4.39 Å². The second kappa shape index (κ2) is 4.18. The van der Waals surface area contributed by atoms with E-state index in [9.17, 15) is 9.50 Å². The first-order valence-electron chi connectivity index (χ1n) is 7.09. The molecule has 0 radical (unpaired) electrons. The molecule has 4 rings (SSSR count). The summed E-state index contributed by atoms with van der Waals surface area (Å²) in [4.78, 5) is 0. The molecule has 0 aliphatic heterocycles. The average Bonchev–Trinajstić information content (AvgIpc) is 3.04. The van der Waals surface area contributed by atoms with Crippen LogP contribution in [0.3, 0.4) is 0 Å². The second-order valence-electron chi connectivity index (χ2n) is 5.79. The fourth-order valence-electron chi connectivity index (χ4n) is 3.23. The van der Waals surface area contributed by atoms with Crippen molar-refractivity contribution in [1.29, 1.82) is 0 Å². The van der Waals surface area contributed by atoms with Crippen molar-refractivity contribution in [3.05, 3.63) is 70.7 Å². The van der Waals surface area contributed by atoms with Crippen LogP contribution in [0.1, 0.15) is 28.9 Å². The number of hydrogen-bond acceptors (Lipinski definition) is 2. The first-order valence-corrected chi connectivity index (χ1v) is 7.09. The third kappa shape index (κ3) is 1.74. The van der Waals surface area contributed by atoms with Crippen molar-refractivity contribution in [3.63, 3.8) is 0 Å². The molecular formula is C18H15FO2. The standard InChI is InChI=1S/C18H15FO2/c1-11-5-6-12-7-8-18(20,14(12)9-11)16-10-13-3-2-4-15(19)17(13)21-16/h2-6,9-10,20H,7-8H2,1H3. The number of halogens is 1. The van der Waals surface area contributed by atoms with Crippen LogP contribution in [-0.4, -0.2) is 5.11 Å². The van der Waals surface area contributed by atoms with E-state index in [0.29, 0.717) is 17.6 Å². The van der Waals surface area contributed by atoms with Gasteiger partial charge in [-0.15, -0.1) is 0 Å². The third-order valence-corrected chi connectivity index (χ3v) is 4.37. The zero-order valence-corrected chi connectivity index (χ0v) is 11.7. The van der Waals surface area contributed by atoms with Gasteiger partial charge in [-0.1, -0.05) is 35.9 Å². The Morgan fingerprint density at radius 2 is 2.05 bits per heavy atom. The molecule has 0 amide bonds. The molecule has 1 aromatic heterocycles. The maximum atomic E-state index is 13.8. The Labute approximate surface area is 121 Å². The molecule has 1 heterocycles. The van der Waals surface area contributed by atoms with Crippen LogP contribution in [0.25, 0.3) is 11.0 Å². The predicted octanol–water partition coefficient (Wildman–Crippen LogP) is 4.06. The molecule has 1 aliphatic carbocycles. The molecule has 0 bridgehead atoms. The van der Waals surface area contributed by atoms with Crippen molar-refractivity contribution in [3.8, 4) is 0 Å². The highest BCUT2D eigenvalue weighted by atomic mass is 19.1. The lowest BCUT2D eigenvalue weighted by Crippen LogP contribution is -2.23. The molecule has 0 spiro atoms. The molecule has 21 heavy (non-hydrogen) atoms. The van der Waals surface area contributed by atoms with Crippen molar-refractivity contribution in [1.82, 2.24) is 0 Å². The summed E-state index contributed by atoms with van der Waals surface area (Å²) < 4.78 is 19.5. The predicted molar refractivity (Wildman–Crippen MR) is 78.7 cm³/mol. The number of rotatable bonds is 1. The maximum absolute atomic E-state index is 13.8. The highest BCUT2D eigenvalue weighted by Gasteiger charge is 2.41. The second-order valence-corrected chi connectivity index (χ2v) is 5.79. The van der Waals surface area contributed by atoms with E-state index in [1.165, 1.54) is 6.07 Å². The van der Waals surface area contributed by atoms with Gasteiger partial charge in [0.1, 0.15) is 11.4 Å². The van der Waals surface area contributed by atoms with Crippen molar-refractivity contribution >= 4 is 11.0 Å². The minimum atomic E-state index is -1.16. The lowest BCUT2D eigenvalue weighted by molar-refractivity contribution is 0.0602. The Morgan fingerprint density at radius 1 is 1.19 bits per heavy atom. The molecule has 3 aromatic rings. The van der Waals surface area contributed by atoms with Crippen LogP contribution >= 0.6 is 0 Å². The van der Waals surface area contributed by atoms with Gasteiger partial charge in [-0.3, -0.25) is 0 Å². The largest absolute Gasteiger partial charge is 0.455 e. The Balaban J connectivity index is 1.93. The summed E-state index contributed by atoms with van der Waals surface area (Å²) >= 11 is 0. The summed E-state index contributed by atoms with van der Waals surface area (Å²) in [5, 5.41) is 11.8. The van der Waals surface area contributed by atoms with Crippen molar-refractivity contribution in [2.24, 2.45) is 0 Å². The van der Waals surface area contributed by atoms with Crippen LogP contribution < -0.4 is 0 Å². The van der Waals surface area contributed by atoms with E-state index >= 15 is 0 Å². The molecule has 2 aromatic carbocycles. The van der Waals surface area contributed by atoms with Crippen LogP contribution in [0.5, 0.6) is 0 Å². The average molecular weight is 282 g/mol. The van der Waals surface area contributed by atoms with E-state index in [0.717, 1.165) is 23.1 Å². The number of fused-ring (bicyclic) bond motifs is 2. The number of aryl methyl sites for hydroxylation is 2. The Bertz CT molecular complexity index is 850. The summed E-state index contributed by atoms with van der Waals surface area (Å²) in [6.07, 6.45) is 1.36. The molecule has 0 saturated heterocycles. The topological polar surface area (TPSA) is 33.4 Å². The van der Waals surface area contributed by atoms with E-state index < -0.39 is 11.4 Å². The Kier molecular flexibility index (Phi) is 2.51. The Hall–Kier alpha value is -2.13. The number of benzene rings is 2. The fourth-order valence-corrected chi connectivity index (χ4v) is 3.23. The van der Waals surface area contributed by atoms with Gasteiger partial charge in [0.05, 0.1) is 0 Å². The molecule has 1 atom stereocenters. The summed E-state index contributed by atoms with van der Waals surface area (Å²) in [5.74, 6) is 0.0248. The number of furan rings is 1. The molecule has 106 valence electrons. The highest BCUT2D eigenvalue weighted by molar-refractivity contribution is 5.79. The number of para-hydroxylation sites is 1. The van der Waals surface area contributed by atoms with Gasteiger partial charge in [-0.05, 0) is 43.0 Å². The van der Waals surface area contributed by atoms with Crippen LogP contribution in [-0.2, 0) is 12.0 Å². The van der Waals surface area contributed by atoms with Gasteiger partial charge in [0, 0.05) is 5.39 Å². The number of aliphatic hydroxyl groups is 1. The summed E-state index contributed by atoms with van der Waals surface area (Å²) in [6.45, 7) is 2.00. The highest BCUT2D eigenvalue weighted by Crippen LogP contribution is 2.44. The summed E-state index contributed by atoms with van der Waals surface area (Å²) in [6, 6.07) is 12.6. The quantitative estimate of drug-likeness (QED) is 0.730. The smallest absolute Gasteiger partial charge is 0.170 e. The van der Waals surface area contributed by atoms with Gasteiger partial charge in [0.25, 0.3) is 0 Å². The van der Waals surface area contributed by atoms with E-state index in [-0.39, 0.29) is 5.58 Å². The van der Waals surface area contributed by atoms with Crippen molar-refractivity contribution in [2.45, 2.75) is 25.4 Å². The van der Waals surface area contributed by atoms with Gasteiger partial charge in [0.2, 0.25) is 0 Å². The molecule has 3 heteroatoms. The first-order chi connectivity index (χ1) is 10.1. The first kappa shape index (κ1) is 12.6.